The Labute approximate surface area is 180 Å². The maximum absolute atomic E-state index is 12.7. The van der Waals surface area contributed by atoms with E-state index in [-0.39, 0.29) is 11.5 Å². The van der Waals surface area contributed by atoms with Crippen molar-refractivity contribution in [1.82, 2.24) is 0 Å². The zero-order valence-corrected chi connectivity index (χ0v) is 17.6. The zero-order valence-electron chi connectivity index (χ0n) is 15.2. The summed E-state index contributed by atoms with van der Waals surface area (Å²) in [5.41, 5.74) is 2.22. The van der Waals surface area contributed by atoms with Crippen molar-refractivity contribution in [2.45, 2.75) is 6.92 Å². The number of rotatable bonds is 3. The minimum Gasteiger partial charge on any atom is -0.452 e. The molecule has 6 heteroatoms. The molecule has 0 bridgehead atoms. The Morgan fingerprint density at radius 2 is 1.79 bits per heavy atom. The lowest BCUT2D eigenvalue weighted by atomic mass is 10.1. The first kappa shape index (κ1) is 19.4. The quantitative estimate of drug-likeness (QED) is 0.259. The summed E-state index contributed by atoms with van der Waals surface area (Å²) in [4.78, 5) is 25.1. The lowest BCUT2D eigenvalue weighted by molar-refractivity contribution is 0.0733. The van der Waals surface area contributed by atoms with Crippen LogP contribution in [0.1, 0.15) is 31.8 Å². The van der Waals surface area contributed by atoms with Gasteiger partial charge in [-0.3, -0.25) is 4.79 Å². The summed E-state index contributed by atoms with van der Waals surface area (Å²) in [5, 5.41) is 0.534. The van der Waals surface area contributed by atoms with Crippen molar-refractivity contribution in [2.24, 2.45) is 0 Å². The third kappa shape index (κ3) is 3.84. The molecule has 0 saturated heterocycles. The molecule has 0 atom stereocenters. The molecule has 1 aliphatic heterocycles. The molecule has 1 heterocycles. The zero-order chi connectivity index (χ0) is 20.5. The molecule has 0 N–H and O–H groups in total. The second-order valence-electron chi connectivity index (χ2n) is 6.42. The lowest BCUT2D eigenvalue weighted by Gasteiger charge is -2.10. The van der Waals surface area contributed by atoms with Crippen molar-refractivity contribution >= 4 is 45.4 Å². The summed E-state index contributed by atoms with van der Waals surface area (Å²) in [7, 11) is 0. The van der Waals surface area contributed by atoms with Gasteiger partial charge in [-0.1, -0.05) is 45.7 Å². The lowest BCUT2D eigenvalue weighted by Crippen LogP contribution is -2.09. The van der Waals surface area contributed by atoms with E-state index in [0.717, 1.165) is 10.0 Å². The molecule has 0 aliphatic carbocycles. The number of esters is 1. The standard InChI is InChI=1S/C23H14BrClO4/c1-13-19(29-23(27)14-6-8-16(25)9-7-14)11-10-17-21(26)20(28-22(13)17)12-15-4-2-3-5-18(15)24/h2-12H,1H3/b20-12-. The van der Waals surface area contributed by atoms with E-state index in [2.05, 4.69) is 15.9 Å². The highest BCUT2D eigenvalue weighted by Gasteiger charge is 2.30. The van der Waals surface area contributed by atoms with Gasteiger partial charge in [0.05, 0.1) is 11.1 Å². The molecule has 0 aromatic heterocycles. The second-order valence-corrected chi connectivity index (χ2v) is 7.71. The summed E-state index contributed by atoms with van der Waals surface area (Å²) < 4.78 is 12.2. The van der Waals surface area contributed by atoms with Crippen LogP contribution in [-0.4, -0.2) is 11.8 Å². The molecule has 0 amide bonds. The van der Waals surface area contributed by atoms with Crippen LogP contribution in [0.4, 0.5) is 0 Å². The van der Waals surface area contributed by atoms with Gasteiger partial charge < -0.3 is 9.47 Å². The van der Waals surface area contributed by atoms with Crippen LogP contribution in [0.3, 0.4) is 0 Å². The van der Waals surface area contributed by atoms with Crippen LogP contribution in [0.25, 0.3) is 6.08 Å². The minimum absolute atomic E-state index is 0.213. The van der Waals surface area contributed by atoms with E-state index in [9.17, 15) is 9.59 Å². The summed E-state index contributed by atoms with van der Waals surface area (Å²) in [6, 6.07) is 17.2. The summed E-state index contributed by atoms with van der Waals surface area (Å²) in [5.74, 6) is 0.219. The predicted molar refractivity (Wildman–Crippen MR) is 115 cm³/mol. The number of ether oxygens (including phenoxy) is 2. The van der Waals surface area contributed by atoms with Crippen molar-refractivity contribution in [3.05, 3.63) is 98.2 Å². The highest BCUT2D eigenvalue weighted by molar-refractivity contribution is 9.10. The largest absolute Gasteiger partial charge is 0.452 e. The summed E-state index contributed by atoms with van der Waals surface area (Å²) in [6.07, 6.45) is 1.69. The van der Waals surface area contributed by atoms with Gasteiger partial charge in [0.25, 0.3) is 0 Å². The third-order valence-corrected chi connectivity index (χ3v) is 5.49. The van der Waals surface area contributed by atoms with Crippen LogP contribution in [-0.2, 0) is 0 Å². The van der Waals surface area contributed by atoms with Crippen LogP contribution < -0.4 is 9.47 Å². The maximum Gasteiger partial charge on any atom is 0.343 e. The molecule has 144 valence electrons. The number of halogens is 2. The Morgan fingerprint density at radius 1 is 1.07 bits per heavy atom. The van der Waals surface area contributed by atoms with Crippen molar-refractivity contribution in [3.8, 4) is 11.5 Å². The van der Waals surface area contributed by atoms with E-state index in [4.69, 9.17) is 21.1 Å². The number of hydrogen-bond donors (Lipinski definition) is 0. The van der Waals surface area contributed by atoms with Crippen LogP contribution in [0, 0.1) is 6.92 Å². The van der Waals surface area contributed by atoms with Gasteiger partial charge >= 0.3 is 5.97 Å². The van der Waals surface area contributed by atoms with Crippen molar-refractivity contribution in [2.75, 3.05) is 0 Å². The van der Waals surface area contributed by atoms with Gasteiger partial charge in [-0.25, -0.2) is 4.79 Å². The number of ketones is 1. The van der Waals surface area contributed by atoms with Gasteiger partial charge in [-0.2, -0.15) is 0 Å². The molecule has 29 heavy (non-hydrogen) atoms. The second kappa shape index (κ2) is 7.85. The topological polar surface area (TPSA) is 52.6 Å². The van der Waals surface area contributed by atoms with Gasteiger partial charge in [-0.15, -0.1) is 0 Å². The molecule has 0 unspecified atom stereocenters. The summed E-state index contributed by atoms with van der Waals surface area (Å²) >= 11 is 9.31. The van der Waals surface area contributed by atoms with Gasteiger partial charge in [0, 0.05) is 15.1 Å². The van der Waals surface area contributed by atoms with Crippen molar-refractivity contribution in [3.63, 3.8) is 0 Å². The van der Waals surface area contributed by atoms with E-state index in [0.29, 0.717) is 33.2 Å². The van der Waals surface area contributed by atoms with Gasteiger partial charge in [0.15, 0.2) is 5.76 Å². The highest BCUT2D eigenvalue weighted by atomic mass is 79.9. The molecule has 4 nitrogen and oxygen atoms in total. The predicted octanol–water partition coefficient (Wildman–Crippen LogP) is 6.25. The minimum atomic E-state index is -0.516. The highest BCUT2D eigenvalue weighted by Crippen LogP contribution is 2.39. The molecule has 3 aromatic rings. The average molecular weight is 470 g/mol. The number of Topliss-reactive ketones (excluding diaryl/α,β-unsaturated/α-hetero) is 1. The molecule has 0 fully saturated rings. The molecular formula is C23H14BrClO4. The molecule has 1 aliphatic rings. The molecule has 0 spiro atoms. The maximum atomic E-state index is 12.7. The molecular weight excluding hydrogens is 456 g/mol. The Balaban J connectivity index is 1.62. The van der Waals surface area contributed by atoms with E-state index >= 15 is 0 Å². The number of fused-ring (bicyclic) bond motifs is 1. The molecule has 0 saturated carbocycles. The van der Waals surface area contributed by atoms with E-state index in [1.54, 1.807) is 49.4 Å². The molecule has 3 aromatic carbocycles. The van der Waals surface area contributed by atoms with E-state index in [1.165, 1.54) is 0 Å². The van der Waals surface area contributed by atoms with Crippen molar-refractivity contribution < 1.29 is 19.1 Å². The van der Waals surface area contributed by atoms with Crippen LogP contribution in [0.5, 0.6) is 11.5 Å². The fraction of sp³-hybridized carbons (Fsp3) is 0.0435. The number of carbonyl (C=O) groups excluding carboxylic acids is 2. The monoisotopic (exact) mass is 468 g/mol. The van der Waals surface area contributed by atoms with Crippen LogP contribution in [0.2, 0.25) is 5.02 Å². The van der Waals surface area contributed by atoms with Gasteiger partial charge in [0.2, 0.25) is 5.78 Å². The molecule has 4 rings (SSSR count). The fourth-order valence-electron chi connectivity index (χ4n) is 2.96. The number of hydrogen-bond acceptors (Lipinski definition) is 4. The van der Waals surface area contributed by atoms with Crippen molar-refractivity contribution in [1.29, 1.82) is 0 Å². The Bertz CT molecular complexity index is 1170. The van der Waals surface area contributed by atoms with E-state index < -0.39 is 5.97 Å². The van der Waals surface area contributed by atoms with Crippen LogP contribution in [0.15, 0.2) is 70.9 Å². The van der Waals surface area contributed by atoms with E-state index in [1.807, 2.05) is 24.3 Å². The first-order chi connectivity index (χ1) is 13.9. The number of benzene rings is 3. The molecule has 0 radical (unpaired) electrons. The average Bonchev–Trinajstić information content (AvgIpc) is 3.03. The Hall–Kier alpha value is -2.89. The fourth-order valence-corrected chi connectivity index (χ4v) is 3.48. The number of allylic oxidation sites excluding steroid dienone is 1. The van der Waals surface area contributed by atoms with Gasteiger partial charge in [0.1, 0.15) is 11.5 Å². The third-order valence-electron chi connectivity index (χ3n) is 4.51. The number of carbonyl (C=O) groups is 2. The normalized spacial score (nSPS) is 13.9. The SMILES string of the molecule is Cc1c(OC(=O)c2ccc(Cl)cc2)ccc2c1O/C(=C\c1ccccc1Br)C2=O. The Morgan fingerprint density at radius 3 is 2.52 bits per heavy atom. The first-order valence-corrected chi connectivity index (χ1v) is 9.91. The Kier molecular flexibility index (Phi) is 5.26. The smallest absolute Gasteiger partial charge is 0.343 e. The van der Waals surface area contributed by atoms with Gasteiger partial charge in [-0.05, 0) is 61.0 Å². The van der Waals surface area contributed by atoms with Crippen LogP contribution >= 0.6 is 27.5 Å². The first-order valence-electron chi connectivity index (χ1n) is 8.74. The summed E-state index contributed by atoms with van der Waals surface area (Å²) in [6.45, 7) is 1.75.